The number of imidazole rings is 1. The maximum absolute atomic E-state index is 13.4. The minimum atomic E-state index is -1.04. The van der Waals surface area contributed by atoms with E-state index >= 15 is 0 Å². The van der Waals surface area contributed by atoms with Gasteiger partial charge in [0.1, 0.15) is 0 Å². The zero-order chi connectivity index (χ0) is 25.5. The van der Waals surface area contributed by atoms with Crippen LogP contribution in [0.4, 0.5) is 0 Å². The summed E-state index contributed by atoms with van der Waals surface area (Å²) in [6, 6.07) is 15.8. The zero-order valence-corrected chi connectivity index (χ0v) is 20.8. The molecule has 0 atom stereocenters. The highest BCUT2D eigenvalue weighted by molar-refractivity contribution is 5.87. The molecule has 9 heteroatoms. The standard InChI is InChI=1S/C27H32N6O3/c1-3-5-9-17-32-24(26(34)35)23(12-6-4-2)33(27(32)36)18-19-13-15-20(16-14-19)21-10-7-8-11-22(21)25-28-30-31-29-25/h7-8,10-11,13-16H,3-6,9,12,17-18H2,1-2H3,(H,34,35)(H,28,29,30,31). The molecule has 0 bridgehead atoms. The van der Waals surface area contributed by atoms with Gasteiger partial charge >= 0.3 is 11.7 Å². The predicted octanol–water partition coefficient (Wildman–Crippen LogP) is 4.78. The van der Waals surface area contributed by atoms with Crippen molar-refractivity contribution >= 4 is 5.97 Å². The van der Waals surface area contributed by atoms with Crippen molar-refractivity contribution in [3.05, 3.63) is 76.0 Å². The van der Waals surface area contributed by atoms with Gasteiger partial charge in [0.15, 0.2) is 5.69 Å². The van der Waals surface area contributed by atoms with Crippen molar-refractivity contribution in [2.45, 2.75) is 65.5 Å². The molecule has 0 radical (unpaired) electrons. The molecule has 9 nitrogen and oxygen atoms in total. The van der Waals surface area contributed by atoms with Crippen molar-refractivity contribution in [1.29, 1.82) is 0 Å². The maximum atomic E-state index is 13.4. The Balaban J connectivity index is 1.67. The second-order valence-corrected chi connectivity index (χ2v) is 8.91. The normalized spacial score (nSPS) is 11.2. The van der Waals surface area contributed by atoms with Gasteiger partial charge in [-0.3, -0.25) is 9.13 Å². The maximum Gasteiger partial charge on any atom is 0.354 e. The third-order valence-corrected chi connectivity index (χ3v) is 6.40. The number of unbranched alkanes of at least 4 members (excludes halogenated alkanes) is 3. The quantitative estimate of drug-likeness (QED) is 0.277. The summed E-state index contributed by atoms with van der Waals surface area (Å²) in [6.45, 7) is 4.90. The summed E-state index contributed by atoms with van der Waals surface area (Å²) >= 11 is 0. The van der Waals surface area contributed by atoms with Gasteiger partial charge in [0.2, 0.25) is 5.82 Å². The van der Waals surface area contributed by atoms with Crippen molar-refractivity contribution < 1.29 is 9.90 Å². The Morgan fingerprint density at radius 3 is 2.31 bits per heavy atom. The van der Waals surface area contributed by atoms with E-state index in [9.17, 15) is 14.7 Å². The number of tetrazole rings is 1. The average Bonchev–Trinajstić information content (AvgIpc) is 3.51. The first-order valence-electron chi connectivity index (χ1n) is 12.5. The minimum Gasteiger partial charge on any atom is -0.477 e. The minimum absolute atomic E-state index is 0.134. The molecule has 36 heavy (non-hydrogen) atoms. The van der Waals surface area contributed by atoms with Crippen LogP contribution in [0.5, 0.6) is 0 Å². The fraction of sp³-hybridized carbons (Fsp3) is 0.370. The van der Waals surface area contributed by atoms with E-state index in [1.807, 2.05) is 48.5 Å². The lowest BCUT2D eigenvalue weighted by atomic mass is 9.98. The Bertz CT molecular complexity index is 1350. The number of aromatic amines is 1. The van der Waals surface area contributed by atoms with Crippen LogP contribution in [0.3, 0.4) is 0 Å². The van der Waals surface area contributed by atoms with E-state index in [2.05, 4.69) is 34.5 Å². The molecule has 2 aromatic carbocycles. The molecule has 4 rings (SSSR count). The molecule has 0 aliphatic rings. The fourth-order valence-electron chi connectivity index (χ4n) is 4.55. The van der Waals surface area contributed by atoms with Crippen LogP contribution >= 0.6 is 0 Å². The first kappa shape index (κ1) is 25.1. The van der Waals surface area contributed by atoms with E-state index in [-0.39, 0.29) is 11.4 Å². The van der Waals surface area contributed by atoms with Crippen LogP contribution in [0.2, 0.25) is 0 Å². The number of hydrogen-bond acceptors (Lipinski definition) is 5. The van der Waals surface area contributed by atoms with Crippen LogP contribution in [0.1, 0.15) is 67.7 Å². The number of H-pyrrole nitrogens is 1. The fourth-order valence-corrected chi connectivity index (χ4v) is 4.55. The molecule has 188 valence electrons. The van der Waals surface area contributed by atoms with Crippen molar-refractivity contribution in [2.24, 2.45) is 0 Å². The van der Waals surface area contributed by atoms with Crippen LogP contribution in [0.15, 0.2) is 53.3 Å². The molecule has 0 saturated carbocycles. The third-order valence-electron chi connectivity index (χ3n) is 6.40. The number of aromatic nitrogens is 6. The summed E-state index contributed by atoms with van der Waals surface area (Å²) in [6.07, 6.45) is 5.04. The lowest BCUT2D eigenvalue weighted by Gasteiger charge is -2.10. The second kappa shape index (κ2) is 11.6. The Kier molecular flexibility index (Phi) is 8.10. The van der Waals surface area contributed by atoms with Crippen molar-refractivity contribution in [2.75, 3.05) is 0 Å². The number of carboxylic acid groups (broad SMARTS) is 1. The third kappa shape index (κ3) is 5.30. The van der Waals surface area contributed by atoms with Crippen LogP contribution in [0.25, 0.3) is 22.5 Å². The van der Waals surface area contributed by atoms with Crippen LogP contribution in [-0.2, 0) is 19.5 Å². The molecule has 0 amide bonds. The summed E-state index contributed by atoms with van der Waals surface area (Å²) in [5.74, 6) is -0.519. The Hall–Kier alpha value is -4.01. The van der Waals surface area contributed by atoms with E-state index in [1.54, 1.807) is 4.57 Å². The number of rotatable bonds is 12. The van der Waals surface area contributed by atoms with Gasteiger partial charge in [0.25, 0.3) is 0 Å². The Labute approximate surface area is 209 Å². The molecule has 2 aromatic heterocycles. The van der Waals surface area contributed by atoms with Gasteiger partial charge in [-0.2, -0.15) is 5.21 Å². The highest BCUT2D eigenvalue weighted by Crippen LogP contribution is 2.30. The molecule has 0 spiro atoms. The second-order valence-electron chi connectivity index (χ2n) is 8.91. The monoisotopic (exact) mass is 488 g/mol. The topological polar surface area (TPSA) is 119 Å². The van der Waals surface area contributed by atoms with Crippen molar-refractivity contribution in [3.8, 4) is 22.5 Å². The van der Waals surface area contributed by atoms with Gasteiger partial charge < -0.3 is 5.11 Å². The van der Waals surface area contributed by atoms with Crippen molar-refractivity contribution in [3.63, 3.8) is 0 Å². The van der Waals surface area contributed by atoms with E-state index in [4.69, 9.17) is 0 Å². The van der Waals surface area contributed by atoms with E-state index < -0.39 is 5.97 Å². The lowest BCUT2D eigenvalue weighted by Crippen LogP contribution is -2.26. The Morgan fingerprint density at radius 1 is 0.944 bits per heavy atom. The van der Waals surface area contributed by atoms with E-state index in [0.717, 1.165) is 54.4 Å². The summed E-state index contributed by atoms with van der Waals surface area (Å²) in [5, 5.41) is 24.4. The summed E-state index contributed by atoms with van der Waals surface area (Å²) in [4.78, 5) is 25.6. The van der Waals surface area contributed by atoms with Gasteiger partial charge in [0.05, 0.1) is 12.2 Å². The molecule has 0 fully saturated rings. The highest BCUT2D eigenvalue weighted by atomic mass is 16.4. The molecule has 0 unspecified atom stereocenters. The zero-order valence-electron chi connectivity index (χ0n) is 20.8. The number of carbonyl (C=O) groups is 1. The molecule has 2 N–H and O–H groups in total. The number of aromatic carboxylic acids is 1. The number of carboxylic acids is 1. The molecule has 0 aliphatic carbocycles. The van der Waals surface area contributed by atoms with Crippen LogP contribution < -0.4 is 5.69 Å². The summed E-state index contributed by atoms with van der Waals surface area (Å²) < 4.78 is 3.10. The van der Waals surface area contributed by atoms with Gasteiger partial charge in [-0.15, -0.1) is 10.2 Å². The number of nitrogens with zero attached hydrogens (tertiary/aromatic N) is 5. The van der Waals surface area contributed by atoms with Gasteiger partial charge in [-0.25, -0.2) is 9.59 Å². The van der Waals surface area contributed by atoms with E-state index in [1.165, 1.54) is 4.57 Å². The molecular formula is C27H32N6O3. The first-order valence-corrected chi connectivity index (χ1v) is 12.5. The van der Waals surface area contributed by atoms with Gasteiger partial charge in [0, 0.05) is 12.1 Å². The summed E-state index contributed by atoms with van der Waals surface area (Å²) in [7, 11) is 0. The molecule has 4 aromatic rings. The van der Waals surface area contributed by atoms with Gasteiger partial charge in [-0.05, 0) is 41.2 Å². The molecule has 0 saturated heterocycles. The summed E-state index contributed by atoms with van der Waals surface area (Å²) in [5.41, 5.74) is 4.25. The molecule has 2 heterocycles. The van der Waals surface area contributed by atoms with Gasteiger partial charge in [-0.1, -0.05) is 81.6 Å². The number of benzene rings is 2. The molecule has 0 aliphatic heterocycles. The molecular weight excluding hydrogens is 456 g/mol. The first-order chi connectivity index (χ1) is 17.5. The van der Waals surface area contributed by atoms with Crippen LogP contribution in [-0.4, -0.2) is 40.8 Å². The largest absolute Gasteiger partial charge is 0.477 e. The van der Waals surface area contributed by atoms with Crippen LogP contribution in [0, 0.1) is 0 Å². The van der Waals surface area contributed by atoms with E-state index in [0.29, 0.717) is 31.0 Å². The number of nitrogens with one attached hydrogen (secondary N) is 1. The average molecular weight is 489 g/mol. The lowest BCUT2D eigenvalue weighted by molar-refractivity contribution is 0.0683. The number of hydrogen-bond donors (Lipinski definition) is 2. The smallest absolute Gasteiger partial charge is 0.354 e. The SMILES string of the molecule is CCCCCn1c(C(=O)O)c(CCCC)n(Cc2ccc(-c3ccccc3-c3nn[nH]n3)cc2)c1=O. The highest BCUT2D eigenvalue weighted by Gasteiger charge is 2.24. The Morgan fingerprint density at radius 2 is 1.67 bits per heavy atom. The van der Waals surface area contributed by atoms with Crippen molar-refractivity contribution in [1.82, 2.24) is 29.8 Å². The predicted molar refractivity (Wildman–Crippen MR) is 138 cm³/mol.